The number of carbonyl (C=O) groups is 3. The van der Waals surface area contributed by atoms with Crippen molar-refractivity contribution in [2.45, 2.75) is 44.9 Å². The zero-order chi connectivity index (χ0) is 28.2. The van der Waals surface area contributed by atoms with E-state index in [0.29, 0.717) is 28.1 Å². The zero-order valence-corrected chi connectivity index (χ0v) is 22.7. The summed E-state index contributed by atoms with van der Waals surface area (Å²) in [7, 11) is 1.20. The number of methoxy groups -OCH3 is 1. The molecule has 0 saturated carbocycles. The van der Waals surface area contributed by atoms with Crippen LogP contribution >= 0.6 is 0 Å². The number of nitrogens with zero attached hydrogens (tertiary/aromatic N) is 2. The maximum Gasteiger partial charge on any atom is 0.415 e. The summed E-state index contributed by atoms with van der Waals surface area (Å²) in [4.78, 5) is 47.6. The van der Waals surface area contributed by atoms with Crippen LogP contribution in [-0.2, 0) is 29.3 Å². The first-order valence-corrected chi connectivity index (χ1v) is 12.7. The number of benzene rings is 3. The molecule has 0 saturated heterocycles. The van der Waals surface area contributed by atoms with Crippen molar-refractivity contribution in [1.29, 1.82) is 0 Å². The number of ether oxygens (including phenoxy) is 3. The van der Waals surface area contributed by atoms with Gasteiger partial charge in [-0.15, -0.1) is 0 Å². The molecule has 8 heteroatoms. The van der Waals surface area contributed by atoms with Crippen molar-refractivity contribution in [1.82, 2.24) is 0 Å². The van der Waals surface area contributed by atoms with Gasteiger partial charge in [0.25, 0.3) is 0 Å². The van der Waals surface area contributed by atoms with Crippen LogP contribution in [-0.4, -0.2) is 49.1 Å². The summed E-state index contributed by atoms with van der Waals surface area (Å²) < 4.78 is 16.5. The Morgan fingerprint density at radius 3 is 1.92 bits per heavy atom. The predicted octanol–water partition coefficient (Wildman–Crippen LogP) is 5.28. The molecule has 0 spiro atoms. The summed E-state index contributed by atoms with van der Waals surface area (Å²) in [6.45, 7) is 6.87. The van der Waals surface area contributed by atoms with E-state index in [1.165, 1.54) is 7.11 Å². The van der Waals surface area contributed by atoms with Crippen LogP contribution < -0.4 is 4.90 Å². The van der Waals surface area contributed by atoms with Crippen molar-refractivity contribution in [2.75, 3.05) is 18.6 Å². The topological polar surface area (TPSA) is 94.5 Å². The fourth-order valence-electron chi connectivity index (χ4n) is 4.68. The van der Waals surface area contributed by atoms with Crippen LogP contribution in [0.3, 0.4) is 0 Å². The first-order chi connectivity index (χ1) is 18.6. The Balaban J connectivity index is 2.10. The van der Waals surface area contributed by atoms with E-state index in [4.69, 9.17) is 19.2 Å². The molecule has 0 bridgehead atoms. The van der Waals surface area contributed by atoms with E-state index in [0.717, 1.165) is 4.90 Å². The monoisotopic (exact) mass is 528 g/mol. The van der Waals surface area contributed by atoms with E-state index in [2.05, 4.69) is 0 Å². The number of anilines is 1. The van der Waals surface area contributed by atoms with Gasteiger partial charge in [-0.1, -0.05) is 78.9 Å². The third-order valence-electron chi connectivity index (χ3n) is 6.21. The summed E-state index contributed by atoms with van der Waals surface area (Å²) in [6, 6.07) is 23.9. The third kappa shape index (κ3) is 5.27. The summed E-state index contributed by atoms with van der Waals surface area (Å²) in [5, 5.41) is 0. The molecule has 0 radical (unpaired) electrons. The Bertz CT molecular complexity index is 1340. The lowest BCUT2D eigenvalue weighted by Crippen LogP contribution is -2.57. The molecule has 39 heavy (non-hydrogen) atoms. The Morgan fingerprint density at radius 1 is 0.872 bits per heavy atom. The molecule has 0 N–H and O–H groups in total. The van der Waals surface area contributed by atoms with Gasteiger partial charge in [0.05, 0.1) is 25.1 Å². The van der Waals surface area contributed by atoms with Crippen molar-refractivity contribution in [3.8, 4) is 0 Å². The van der Waals surface area contributed by atoms with E-state index in [1.807, 2.05) is 60.7 Å². The minimum absolute atomic E-state index is 0.0323. The molecule has 0 fully saturated rings. The molecule has 2 atom stereocenters. The van der Waals surface area contributed by atoms with Crippen LogP contribution in [0.2, 0.25) is 0 Å². The minimum atomic E-state index is -1.99. The van der Waals surface area contributed by atoms with Gasteiger partial charge in [0.15, 0.2) is 6.04 Å². The number of aliphatic imine (C=N–C) groups is 1. The second kappa shape index (κ2) is 11.1. The lowest BCUT2D eigenvalue weighted by Gasteiger charge is -2.33. The molecule has 8 nitrogen and oxygen atoms in total. The zero-order valence-electron chi connectivity index (χ0n) is 22.7. The van der Waals surface area contributed by atoms with Gasteiger partial charge in [-0.3, -0.25) is 9.89 Å². The van der Waals surface area contributed by atoms with E-state index < -0.39 is 35.2 Å². The van der Waals surface area contributed by atoms with Crippen LogP contribution in [0.1, 0.15) is 44.4 Å². The molecule has 3 aromatic rings. The highest BCUT2D eigenvalue weighted by Crippen LogP contribution is 2.49. The lowest BCUT2D eigenvalue weighted by atomic mass is 9.85. The van der Waals surface area contributed by atoms with Crippen LogP contribution in [0.15, 0.2) is 89.9 Å². The molecule has 4 rings (SSSR count). The maximum atomic E-state index is 14.1. The Kier molecular flexibility index (Phi) is 7.85. The molecule has 1 aliphatic rings. The first-order valence-electron chi connectivity index (χ1n) is 12.7. The summed E-state index contributed by atoms with van der Waals surface area (Å²) in [5.41, 5.74) is -0.358. The quantitative estimate of drug-likeness (QED) is 0.246. The molecule has 202 valence electrons. The van der Waals surface area contributed by atoms with Gasteiger partial charge in [0.2, 0.25) is 5.54 Å². The highest BCUT2D eigenvalue weighted by Gasteiger charge is 2.64. The lowest BCUT2D eigenvalue weighted by molar-refractivity contribution is -0.156. The second-order valence-corrected chi connectivity index (χ2v) is 9.97. The highest BCUT2D eigenvalue weighted by atomic mass is 16.6. The first kappa shape index (κ1) is 27.6. The van der Waals surface area contributed by atoms with E-state index in [9.17, 15) is 14.4 Å². The molecule has 0 unspecified atom stereocenters. The number of hydrogen-bond donors (Lipinski definition) is 0. The van der Waals surface area contributed by atoms with Crippen LogP contribution in [0.4, 0.5) is 10.5 Å². The number of carbonyl (C=O) groups excluding carboxylic acids is 3. The summed E-state index contributed by atoms with van der Waals surface area (Å²) in [6.07, 6.45) is -0.812. The Morgan fingerprint density at radius 2 is 1.41 bits per heavy atom. The standard InChI is InChI=1S/C31H32N2O6/c1-6-38-28(35)31(32-25(21-15-9-7-10-16-21)22-17-11-8-12-18-22)23-19-13-14-20-24(23)33(26(31)27(34)37-5)29(36)39-30(2,3)4/h7-20,26H,6H2,1-5H3/t26-,31+/m0/s1. The van der Waals surface area contributed by atoms with E-state index >= 15 is 0 Å². The van der Waals surface area contributed by atoms with Gasteiger partial charge in [-0.05, 0) is 33.8 Å². The second-order valence-electron chi connectivity index (χ2n) is 9.97. The maximum absolute atomic E-state index is 14.1. The average molecular weight is 529 g/mol. The summed E-state index contributed by atoms with van der Waals surface area (Å²) >= 11 is 0. The highest BCUT2D eigenvalue weighted by molar-refractivity contribution is 6.16. The summed E-state index contributed by atoms with van der Waals surface area (Å²) in [5.74, 6) is -1.63. The SMILES string of the molecule is CCOC(=O)[C@@]1(N=C(c2ccccc2)c2ccccc2)c2ccccc2N(C(=O)OC(C)(C)C)[C@H]1C(=O)OC. The molecule has 0 aromatic heterocycles. The molecular weight excluding hydrogens is 496 g/mol. The molecule has 3 aromatic carbocycles. The number of fused-ring (bicyclic) bond motifs is 1. The van der Waals surface area contributed by atoms with Crippen molar-refractivity contribution < 1.29 is 28.6 Å². The van der Waals surface area contributed by atoms with Crippen molar-refractivity contribution in [3.05, 3.63) is 102 Å². The van der Waals surface area contributed by atoms with E-state index in [-0.39, 0.29) is 6.61 Å². The fourth-order valence-corrected chi connectivity index (χ4v) is 4.68. The number of amides is 1. The van der Waals surface area contributed by atoms with Crippen LogP contribution in [0.5, 0.6) is 0 Å². The van der Waals surface area contributed by atoms with Crippen LogP contribution in [0.25, 0.3) is 0 Å². The molecule has 0 aliphatic carbocycles. The van der Waals surface area contributed by atoms with Gasteiger partial charge in [0.1, 0.15) is 5.60 Å². The van der Waals surface area contributed by atoms with Gasteiger partial charge < -0.3 is 14.2 Å². The minimum Gasteiger partial charge on any atom is -0.467 e. The van der Waals surface area contributed by atoms with Gasteiger partial charge in [-0.2, -0.15) is 0 Å². The van der Waals surface area contributed by atoms with Gasteiger partial charge >= 0.3 is 18.0 Å². The molecule has 1 aliphatic heterocycles. The number of rotatable bonds is 6. The van der Waals surface area contributed by atoms with Gasteiger partial charge in [-0.25, -0.2) is 14.4 Å². The van der Waals surface area contributed by atoms with Crippen molar-refractivity contribution in [3.63, 3.8) is 0 Å². The number of para-hydroxylation sites is 1. The normalized spacial score (nSPS) is 18.1. The third-order valence-corrected chi connectivity index (χ3v) is 6.21. The Labute approximate surface area is 228 Å². The van der Waals surface area contributed by atoms with Gasteiger partial charge in [0, 0.05) is 16.7 Å². The smallest absolute Gasteiger partial charge is 0.415 e. The largest absolute Gasteiger partial charge is 0.467 e. The Hall–Kier alpha value is -4.46. The molecule has 1 heterocycles. The van der Waals surface area contributed by atoms with Crippen molar-refractivity contribution in [2.24, 2.45) is 4.99 Å². The van der Waals surface area contributed by atoms with Crippen molar-refractivity contribution >= 4 is 29.4 Å². The fraction of sp³-hybridized carbons (Fsp3) is 0.290. The van der Waals surface area contributed by atoms with E-state index in [1.54, 1.807) is 52.0 Å². The molecular formula is C31H32N2O6. The molecule has 1 amide bonds. The number of esters is 2. The predicted molar refractivity (Wildman–Crippen MR) is 148 cm³/mol. The number of hydrogen-bond acceptors (Lipinski definition) is 7. The van der Waals surface area contributed by atoms with Crippen LogP contribution in [0, 0.1) is 0 Å². The average Bonchev–Trinajstić information content (AvgIpc) is 3.23.